The summed E-state index contributed by atoms with van der Waals surface area (Å²) in [5.74, 6) is 2.31. The van der Waals surface area contributed by atoms with Gasteiger partial charge in [0.25, 0.3) is 0 Å². The van der Waals surface area contributed by atoms with Gasteiger partial charge in [0.1, 0.15) is 5.76 Å². The van der Waals surface area contributed by atoms with Gasteiger partial charge in [-0.25, -0.2) is 4.98 Å². The third-order valence-electron chi connectivity index (χ3n) is 4.75. The van der Waals surface area contributed by atoms with Gasteiger partial charge in [-0.2, -0.15) is 0 Å². The number of amides is 1. The standard InChI is InChI=1S/C20H27N5O2/c1-14-15(2)27-18(24-14)13-23-20(21-3)22-11-6-9-19(26)25-12-10-16-7-4-5-8-17(16)25/h4-5,7-8H,6,9-13H2,1-3H3,(H2,21,22,23). The normalized spacial score (nSPS) is 13.6. The Morgan fingerprint density at radius 1 is 1.30 bits per heavy atom. The van der Waals surface area contributed by atoms with E-state index in [1.807, 2.05) is 36.9 Å². The first-order chi connectivity index (χ1) is 13.1. The van der Waals surface area contributed by atoms with Crippen molar-refractivity contribution in [2.24, 2.45) is 4.99 Å². The smallest absolute Gasteiger partial charge is 0.227 e. The number of anilines is 1. The minimum atomic E-state index is 0.176. The molecule has 7 heteroatoms. The molecule has 0 atom stereocenters. The average molecular weight is 369 g/mol. The van der Waals surface area contributed by atoms with Crippen molar-refractivity contribution in [1.29, 1.82) is 0 Å². The Morgan fingerprint density at radius 3 is 2.85 bits per heavy atom. The number of carbonyl (C=O) groups is 1. The molecule has 3 rings (SSSR count). The van der Waals surface area contributed by atoms with Gasteiger partial charge in [-0.3, -0.25) is 9.79 Å². The van der Waals surface area contributed by atoms with E-state index in [2.05, 4.69) is 26.7 Å². The lowest BCUT2D eigenvalue weighted by atomic mass is 10.2. The molecular weight excluding hydrogens is 342 g/mol. The summed E-state index contributed by atoms with van der Waals surface area (Å²) in [6.45, 7) is 5.74. The highest BCUT2D eigenvalue weighted by Crippen LogP contribution is 2.27. The third-order valence-corrected chi connectivity index (χ3v) is 4.75. The zero-order valence-corrected chi connectivity index (χ0v) is 16.2. The van der Waals surface area contributed by atoms with E-state index in [-0.39, 0.29) is 5.91 Å². The van der Waals surface area contributed by atoms with Crippen LogP contribution in [-0.4, -0.2) is 37.0 Å². The second-order valence-corrected chi connectivity index (χ2v) is 6.63. The van der Waals surface area contributed by atoms with Crippen LogP contribution in [0.5, 0.6) is 0 Å². The van der Waals surface area contributed by atoms with E-state index in [0.29, 0.717) is 31.4 Å². The molecule has 0 saturated carbocycles. The maximum Gasteiger partial charge on any atom is 0.227 e. The summed E-state index contributed by atoms with van der Waals surface area (Å²) in [4.78, 5) is 22.9. The fourth-order valence-electron chi connectivity index (χ4n) is 3.17. The fourth-order valence-corrected chi connectivity index (χ4v) is 3.17. The number of aryl methyl sites for hydroxylation is 2. The van der Waals surface area contributed by atoms with Crippen LogP contribution in [0.2, 0.25) is 0 Å². The van der Waals surface area contributed by atoms with Crippen LogP contribution >= 0.6 is 0 Å². The highest BCUT2D eigenvalue weighted by Gasteiger charge is 2.23. The summed E-state index contributed by atoms with van der Waals surface area (Å²) in [7, 11) is 1.72. The van der Waals surface area contributed by atoms with E-state index in [1.54, 1.807) is 7.05 Å². The number of aromatic nitrogens is 1. The number of hydrogen-bond donors (Lipinski definition) is 2. The van der Waals surface area contributed by atoms with Crippen molar-refractivity contribution >= 4 is 17.6 Å². The van der Waals surface area contributed by atoms with Gasteiger partial charge < -0.3 is 20.0 Å². The zero-order chi connectivity index (χ0) is 19.2. The number of nitrogens with zero attached hydrogens (tertiary/aromatic N) is 3. The zero-order valence-electron chi connectivity index (χ0n) is 16.2. The van der Waals surface area contributed by atoms with Crippen LogP contribution < -0.4 is 15.5 Å². The lowest BCUT2D eigenvalue weighted by Crippen LogP contribution is -2.38. The van der Waals surface area contributed by atoms with Crippen LogP contribution in [-0.2, 0) is 17.8 Å². The van der Waals surface area contributed by atoms with Crippen LogP contribution in [0.15, 0.2) is 33.7 Å². The van der Waals surface area contributed by atoms with E-state index >= 15 is 0 Å². The number of carbonyl (C=O) groups excluding carboxylic acids is 1. The van der Waals surface area contributed by atoms with Gasteiger partial charge in [-0.1, -0.05) is 18.2 Å². The molecule has 1 amide bonds. The SMILES string of the molecule is CN=C(NCCCC(=O)N1CCc2ccccc21)NCc1nc(C)c(C)o1. The molecule has 2 heterocycles. The quantitative estimate of drug-likeness (QED) is 0.464. The molecule has 0 aliphatic carbocycles. The van der Waals surface area contributed by atoms with Crippen LogP contribution in [0.1, 0.15) is 35.7 Å². The van der Waals surface area contributed by atoms with Crippen LogP contribution in [0.25, 0.3) is 0 Å². The highest BCUT2D eigenvalue weighted by atomic mass is 16.4. The summed E-state index contributed by atoms with van der Waals surface area (Å²) >= 11 is 0. The maximum absolute atomic E-state index is 12.5. The molecule has 1 aliphatic rings. The summed E-state index contributed by atoms with van der Waals surface area (Å²) < 4.78 is 5.55. The molecule has 0 bridgehead atoms. The highest BCUT2D eigenvalue weighted by molar-refractivity contribution is 5.95. The molecule has 1 aromatic heterocycles. The maximum atomic E-state index is 12.5. The Balaban J connectivity index is 1.39. The summed E-state index contributed by atoms with van der Waals surface area (Å²) in [5.41, 5.74) is 3.21. The number of benzene rings is 1. The number of hydrogen-bond acceptors (Lipinski definition) is 4. The van der Waals surface area contributed by atoms with Gasteiger partial charge in [0.2, 0.25) is 11.8 Å². The van der Waals surface area contributed by atoms with Gasteiger partial charge in [0.15, 0.2) is 5.96 Å². The minimum absolute atomic E-state index is 0.176. The number of nitrogens with one attached hydrogen (secondary N) is 2. The second-order valence-electron chi connectivity index (χ2n) is 6.63. The first-order valence-electron chi connectivity index (χ1n) is 9.34. The van der Waals surface area contributed by atoms with Crippen molar-refractivity contribution in [1.82, 2.24) is 15.6 Å². The lowest BCUT2D eigenvalue weighted by Gasteiger charge is -2.17. The first-order valence-corrected chi connectivity index (χ1v) is 9.34. The van der Waals surface area contributed by atoms with E-state index in [1.165, 1.54) is 5.56 Å². The monoisotopic (exact) mass is 369 g/mol. The van der Waals surface area contributed by atoms with Gasteiger partial charge in [-0.05, 0) is 38.3 Å². The molecular formula is C20H27N5O2. The molecule has 1 aliphatic heterocycles. The molecule has 144 valence electrons. The van der Waals surface area contributed by atoms with Crippen molar-refractivity contribution in [2.45, 2.75) is 39.7 Å². The van der Waals surface area contributed by atoms with Crippen molar-refractivity contribution in [3.8, 4) is 0 Å². The predicted octanol–water partition coefficient (Wildman–Crippen LogP) is 2.33. The Hall–Kier alpha value is -2.83. The van der Waals surface area contributed by atoms with E-state index < -0.39 is 0 Å². The van der Waals surface area contributed by atoms with E-state index in [4.69, 9.17) is 4.42 Å². The van der Waals surface area contributed by atoms with Crippen molar-refractivity contribution in [3.05, 3.63) is 47.2 Å². The Morgan fingerprint density at radius 2 is 2.11 bits per heavy atom. The number of fused-ring (bicyclic) bond motifs is 1. The molecule has 0 radical (unpaired) electrons. The molecule has 0 saturated heterocycles. The summed E-state index contributed by atoms with van der Waals surface area (Å²) in [6.07, 6.45) is 2.20. The second kappa shape index (κ2) is 8.70. The number of oxazole rings is 1. The van der Waals surface area contributed by atoms with E-state index in [0.717, 1.165) is 36.5 Å². The van der Waals surface area contributed by atoms with Crippen molar-refractivity contribution < 1.29 is 9.21 Å². The molecule has 1 aromatic carbocycles. The Labute approximate surface area is 159 Å². The number of rotatable bonds is 6. The first kappa shape index (κ1) is 18.9. The number of para-hydroxylation sites is 1. The third kappa shape index (κ3) is 4.67. The average Bonchev–Trinajstić information content (AvgIpc) is 3.24. The fraction of sp³-hybridized carbons (Fsp3) is 0.450. The molecule has 0 spiro atoms. The molecule has 7 nitrogen and oxygen atoms in total. The molecule has 0 fully saturated rings. The lowest BCUT2D eigenvalue weighted by molar-refractivity contribution is -0.118. The predicted molar refractivity (Wildman–Crippen MR) is 106 cm³/mol. The Bertz CT molecular complexity index is 808. The summed E-state index contributed by atoms with van der Waals surface area (Å²) in [5, 5.41) is 6.39. The Kier molecular flexibility index (Phi) is 6.11. The van der Waals surface area contributed by atoms with Crippen LogP contribution in [0.3, 0.4) is 0 Å². The van der Waals surface area contributed by atoms with Gasteiger partial charge >= 0.3 is 0 Å². The molecule has 0 unspecified atom stereocenters. The molecule has 2 aromatic rings. The summed E-state index contributed by atoms with van der Waals surface area (Å²) in [6, 6.07) is 8.13. The minimum Gasteiger partial charge on any atom is -0.444 e. The van der Waals surface area contributed by atoms with Crippen molar-refractivity contribution in [3.63, 3.8) is 0 Å². The van der Waals surface area contributed by atoms with Crippen LogP contribution in [0.4, 0.5) is 5.69 Å². The molecule has 2 N–H and O–H groups in total. The van der Waals surface area contributed by atoms with E-state index in [9.17, 15) is 4.79 Å². The van der Waals surface area contributed by atoms with Gasteiger partial charge in [-0.15, -0.1) is 0 Å². The number of aliphatic imine (C=N–C) groups is 1. The van der Waals surface area contributed by atoms with Crippen LogP contribution in [0, 0.1) is 13.8 Å². The molecule has 27 heavy (non-hydrogen) atoms. The topological polar surface area (TPSA) is 82.8 Å². The van der Waals surface area contributed by atoms with Gasteiger partial charge in [0, 0.05) is 32.2 Å². The van der Waals surface area contributed by atoms with Gasteiger partial charge in [0.05, 0.1) is 12.2 Å². The largest absolute Gasteiger partial charge is 0.444 e. The van der Waals surface area contributed by atoms with Crippen molar-refractivity contribution in [2.75, 3.05) is 25.0 Å². The number of guanidine groups is 1.